The number of nitrogens with zero attached hydrogens (tertiary/aromatic N) is 4. The van der Waals surface area contributed by atoms with Gasteiger partial charge in [-0.1, -0.05) is 6.07 Å². The second-order valence-electron chi connectivity index (χ2n) is 4.33. The smallest absolute Gasteiger partial charge is 0.264 e. The Bertz CT molecular complexity index is 776. The molecular formula is C15H10N4O2. The van der Waals surface area contributed by atoms with E-state index in [4.69, 9.17) is 0 Å². The third kappa shape index (κ3) is 2.59. The lowest BCUT2D eigenvalue weighted by molar-refractivity contribution is -0.385. The molecule has 0 aromatic carbocycles. The molecular weight excluding hydrogens is 268 g/mol. The summed E-state index contributed by atoms with van der Waals surface area (Å²) in [5, 5.41) is 11.0. The van der Waals surface area contributed by atoms with E-state index in [-0.39, 0.29) is 5.69 Å². The molecule has 3 aromatic rings. The first-order chi connectivity index (χ1) is 10.3. The summed E-state index contributed by atoms with van der Waals surface area (Å²) in [6.45, 7) is 0. The van der Waals surface area contributed by atoms with E-state index in [1.807, 2.05) is 12.1 Å². The number of hydrogen-bond donors (Lipinski definition) is 0. The van der Waals surface area contributed by atoms with Gasteiger partial charge in [0.2, 0.25) is 0 Å². The average Bonchev–Trinajstić information content (AvgIpc) is 2.56. The van der Waals surface area contributed by atoms with Gasteiger partial charge in [0.25, 0.3) is 5.69 Å². The van der Waals surface area contributed by atoms with E-state index < -0.39 is 4.92 Å². The van der Waals surface area contributed by atoms with Crippen LogP contribution in [0.2, 0.25) is 0 Å². The maximum Gasteiger partial charge on any atom is 0.288 e. The summed E-state index contributed by atoms with van der Waals surface area (Å²) in [7, 11) is 0. The standard InChI is InChI=1S/C15H10N4O2/c20-19(21)13-7-14(11-3-1-5-16-8-11)15(18-10-13)12-4-2-6-17-9-12/h1-10H. The fourth-order valence-electron chi connectivity index (χ4n) is 2.03. The van der Waals surface area contributed by atoms with Crippen LogP contribution in [0.25, 0.3) is 22.4 Å². The van der Waals surface area contributed by atoms with E-state index in [0.717, 1.165) is 11.1 Å². The summed E-state index contributed by atoms with van der Waals surface area (Å²) in [5.74, 6) is 0. The summed E-state index contributed by atoms with van der Waals surface area (Å²) >= 11 is 0. The van der Waals surface area contributed by atoms with Crippen LogP contribution >= 0.6 is 0 Å². The van der Waals surface area contributed by atoms with Gasteiger partial charge in [-0.15, -0.1) is 0 Å². The molecule has 6 nitrogen and oxygen atoms in total. The van der Waals surface area contributed by atoms with Crippen molar-refractivity contribution >= 4 is 5.69 Å². The third-order valence-corrected chi connectivity index (χ3v) is 2.99. The summed E-state index contributed by atoms with van der Waals surface area (Å²) in [5.41, 5.74) is 2.81. The van der Waals surface area contributed by atoms with Gasteiger partial charge in [0, 0.05) is 47.5 Å². The molecule has 0 aliphatic carbocycles. The third-order valence-electron chi connectivity index (χ3n) is 2.99. The minimum atomic E-state index is -0.458. The highest BCUT2D eigenvalue weighted by Gasteiger charge is 2.15. The Morgan fingerprint density at radius 3 is 2.19 bits per heavy atom. The summed E-state index contributed by atoms with van der Waals surface area (Å²) in [6, 6.07) is 8.79. The van der Waals surface area contributed by atoms with Gasteiger partial charge in [0.15, 0.2) is 0 Å². The van der Waals surface area contributed by atoms with E-state index in [9.17, 15) is 10.1 Å². The monoisotopic (exact) mass is 278 g/mol. The fourth-order valence-corrected chi connectivity index (χ4v) is 2.03. The normalized spacial score (nSPS) is 10.3. The first kappa shape index (κ1) is 12.9. The SMILES string of the molecule is O=[N+]([O-])c1cnc(-c2cccnc2)c(-c2cccnc2)c1. The van der Waals surface area contributed by atoms with Crippen LogP contribution < -0.4 is 0 Å². The molecule has 0 saturated carbocycles. The number of rotatable bonds is 3. The van der Waals surface area contributed by atoms with Gasteiger partial charge in [-0.3, -0.25) is 20.1 Å². The minimum Gasteiger partial charge on any atom is -0.264 e. The highest BCUT2D eigenvalue weighted by Crippen LogP contribution is 2.32. The molecule has 3 rings (SSSR count). The van der Waals surface area contributed by atoms with Crippen molar-refractivity contribution in [2.75, 3.05) is 0 Å². The molecule has 0 unspecified atom stereocenters. The number of aromatic nitrogens is 3. The van der Waals surface area contributed by atoms with Crippen LogP contribution in [0.15, 0.2) is 61.3 Å². The van der Waals surface area contributed by atoms with E-state index in [1.165, 1.54) is 12.3 Å². The quantitative estimate of drug-likeness (QED) is 0.543. The Balaban J connectivity index is 2.23. The Labute approximate surface area is 120 Å². The number of hydrogen-bond acceptors (Lipinski definition) is 5. The number of pyridine rings is 3. The molecule has 3 heterocycles. The van der Waals surface area contributed by atoms with Crippen molar-refractivity contribution < 1.29 is 4.92 Å². The van der Waals surface area contributed by atoms with Crippen molar-refractivity contribution in [2.24, 2.45) is 0 Å². The zero-order valence-electron chi connectivity index (χ0n) is 10.9. The van der Waals surface area contributed by atoms with Crippen LogP contribution in [0.1, 0.15) is 0 Å². The molecule has 3 aromatic heterocycles. The van der Waals surface area contributed by atoms with Gasteiger partial charge in [-0.2, -0.15) is 0 Å². The lowest BCUT2D eigenvalue weighted by Crippen LogP contribution is -1.95. The average molecular weight is 278 g/mol. The predicted octanol–water partition coefficient (Wildman–Crippen LogP) is 3.11. The number of nitro groups is 1. The highest BCUT2D eigenvalue weighted by molar-refractivity contribution is 5.81. The molecule has 0 spiro atoms. The summed E-state index contributed by atoms with van der Waals surface area (Å²) in [6.07, 6.45) is 7.90. The maximum absolute atomic E-state index is 11.0. The summed E-state index contributed by atoms with van der Waals surface area (Å²) in [4.78, 5) is 22.9. The first-order valence-electron chi connectivity index (χ1n) is 6.21. The second-order valence-corrected chi connectivity index (χ2v) is 4.33. The van der Waals surface area contributed by atoms with Crippen molar-refractivity contribution in [1.82, 2.24) is 15.0 Å². The molecule has 102 valence electrons. The molecule has 0 radical (unpaired) electrons. The Kier molecular flexibility index (Phi) is 3.34. The fraction of sp³-hybridized carbons (Fsp3) is 0. The van der Waals surface area contributed by atoms with Crippen LogP contribution in [-0.4, -0.2) is 19.9 Å². The molecule has 0 bridgehead atoms. The molecule has 0 fully saturated rings. The molecule has 0 atom stereocenters. The van der Waals surface area contributed by atoms with Gasteiger partial charge >= 0.3 is 0 Å². The van der Waals surface area contributed by atoms with E-state index >= 15 is 0 Å². The highest BCUT2D eigenvalue weighted by atomic mass is 16.6. The van der Waals surface area contributed by atoms with Crippen molar-refractivity contribution in [3.8, 4) is 22.4 Å². The molecule has 0 N–H and O–H groups in total. The minimum absolute atomic E-state index is 0.0542. The van der Waals surface area contributed by atoms with Crippen LogP contribution in [0.3, 0.4) is 0 Å². The van der Waals surface area contributed by atoms with Gasteiger partial charge < -0.3 is 0 Å². The summed E-state index contributed by atoms with van der Waals surface area (Å²) < 4.78 is 0. The van der Waals surface area contributed by atoms with Crippen molar-refractivity contribution in [2.45, 2.75) is 0 Å². The molecule has 0 aliphatic rings. The topological polar surface area (TPSA) is 81.8 Å². The van der Waals surface area contributed by atoms with Crippen molar-refractivity contribution in [3.63, 3.8) is 0 Å². The van der Waals surface area contributed by atoms with Gasteiger partial charge in [-0.25, -0.2) is 4.98 Å². The van der Waals surface area contributed by atoms with E-state index in [0.29, 0.717) is 11.3 Å². The van der Waals surface area contributed by atoms with Gasteiger partial charge in [0.05, 0.1) is 10.6 Å². The maximum atomic E-state index is 11.0. The first-order valence-corrected chi connectivity index (χ1v) is 6.21. The van der Waals surface area contributed by atoms with Crippen LogP contribution in [0.4, 0.5) is 5.69 Å². The molecule has 0 aliphatic heterocycles. The Morgan fingerprint density at radius 1 is 0.952 bits per heavy atom. The van der Waals surface area contributed by atoms with E-state index in [2.05, 4.69) is 15.0 Å². The molecule has 6 heteroatoms. The van der Waals surface area contributed by atoms with Crippen LogP contribution in [0, 0.1) is 10.1 Å². The van der Waals surface area contributed by atoms with E-state index in [1.54, 1.807) is 36.9 Å². The Hall–Kier alpha value is -3.15. The van der Waals surface area contributed by atoms with Crippen LogP contribution in [-0.2, 0) is 0 Å². The Morgan fingerprint density at radius 2 is 1.62 bits per heavy atom. The van der Waals surface area contributed by atoms with Crippen molar-refractivity contribution in [3.05, 3.63) is 71.4 Å². The predicted molar refractivity (Wildman–Crippen MR) is 77.4 cm³/mol. The van der Waals surface area contributed by atoms with Crippen LogP contribution in [0.5, 0.6) is 0 Å². The van der Waals surface area contributed by atoms with Gasteiger partial charge in [0.1, 0.15) is 6.20 Å². The molecule has 0 saturated heterocycles. The second kappa shape index (κ2) is 5.46. The zero-order valence-corrected chi connectivity index (χ0v) is 10.9. The molecule has 0 amide bonds. The van der Waals surface area contributed by atoms with Gasteiger partial charge in [-0.05, 0) is 18.2 Å². The molecule has 21 heavy (non-hydrogen) atoms. The van der Waals surface area contributed by atoms with Crippen molar-refractivity contribution in [1.29, 1.82) is 0 Å². The lowest BCUT2D eigenvalue weighted by Gasteiger charge is -2.08. The zero-order chi connectivity index (χ0) is 14.7. The largest absolute Gasteiger partial charge is 0.288 e. The lowest BCUT2D eigenvalue weighted by atomic mass is 10.0.